The van der Waals surface area contributed by atoms with Crippen molar-refractivity contribution in [1.29, 1.82) is 0 Å². The number of amides is 2. The molecule has 0 spiro atoms. The maximum absolute atomic E-state index is 14.1. The molecule has 0 radical (unpaired) electrons. The molecular formula is C30H32Cl2FN3O4S. The summed E-state index contributed by atoms with van der Waals surface area (Å²) >= 11 is 12.5. The van der Waals surface area contributed by atoms with E-state index in [0.717, 1.165) is 30.0 Å². The molecule has 0 heterocycles. The minimum absolute atomic E-state index is 0.0245. The number of hydrogen-bond donors (Lipinski definition) is 1. The van der Waals surface area contributed by atoms with Crippen LogP contribution in [0, 0.1) is 5.82 Å². The monoisotopic (exact) mass is 619 g/mol. The molecule has 3 aromatic carbocycles. The molecule has 41 heavy (non-hydrogen) atoms. The van der Waals surface area contributed by atoms with Crippen LogP contribution in [0.2, 0.25) is 10.0 Å². The largest absolute Gasteiger partial charge is 0.352 e. The first kappa shape index (κ1) is 30.8. The fourth-order valence-corrected chi connectivity index (χ4v) is 7.00. The van der Waals surface area contributed by atoms with Gasteiger partial charge in [-0.1, -0.05) is 73.3 Å². The maximum Gasteiger partial charge on any atom is 0.264 e. The fraction of sp³-hybridized carbons (Fsp3) is 0.333. The highest BCUT2D eigenvalue weighted by molar-refractivity contribution is 7.92. The summed E-state index contributed by atoms with van der Waals surface area (Å²) in [7, 11) is -4.26. The van der Waals surface area contributed by atoms with Gasteiger partial charge in [-0.15, -0.1) is 0 Å². The molecule has 0 aliphatic heterocycles. The van der Waals surface area contributed by atoms with E-state index in [-0.39, 0.29) is 34.1 Å². The van der Waals surface area contributed by atoms with E-state index in [4.69, 9.17) is 23.2 Å². The third kappa shape index (κ3) is 7.58. The minimum atomic E-state index is -4.26. The molecule has 1 saturated carbocycles. The number of nitrogens with one attached hydrogen (secondary N) is 1. The van der Waals surface area contributed by atoms with E-state index in [1.165, 1.54) is 59.5 Å². The van der Waals surface area contributed by atoms with E-state index in [1.54, 1.807) is 25.1 Å². The molecule has 3 aromatic rings. The lowest BCUT2D eigenvalue weighted by Gasteiger charge is -2.34. The number of nitrogens with zero attached hydrogens (tertiary/aromatic N) is 2. The number of carbonyl (C=O) groups is 2. The Bertz CT molecular complexity index is 1470. The Kier molecular flexibility index (Phi) is 10.3. The van der Waals surface area contributed by atoms with Crippen LogP contribution in [0.4, 0.5) is 10.1 Å². The summed E-state index contributed by atoms with van der Waals surface area (Å²) in [5.74, 6) is -1.36. The van der Waals surface area contributed by atoms with Crippen LogP contribution in [0.1, 0.15) is 44.6 Å². The van der Waals surface area contributed by atoms with Crippen molar-refractivity contribution in [3.63, 3.8) is 0 Å². The molecule has 0 unspecified atom stereocenters. The number of anilines is 1. The van der Waals surface area contributed by atoms with Crippen molar-refractivity contribution in [3.8, 4) is 0 Å². The first-order valence-electron chi connectivity index (χ1n) is 13.5. The summed E-state index contributed by atoms with van der Waals surface area (Å²) in [4.78, 5) is 28.9. The van der Waals surface area contributed by atoms with Crippen LogP contribution in [-0.2, 0) is 26.2 Å². The van der Waals surface area contributed by atoms with Crippen LogP contribution in [-0.4, -0.2) is 43.8 Å². The van der Waals surface area contributed by atoms with Gasteiger partial charge in [-0.25, -0.2) is 12.8 Å². The minimum Gasteiger partial charge on any atom is -0.352 e. The van der Waals surface area contributed by atoms with Gasteiger partial charge in [0.2, 0.25) is 11.8 Å². The SMILES string of the molecule is CC[C@H](C(=O)NC1CCCC1)N(Cc1ccc(F)cc1)C(=O)CN(c1ccc(Cl)cc1Cl)S(=O)(=O)c1ccccc1. The standard InChI is InChI=1S/C30H32Cl2FN3O4S/c1-2-27(30(38)34-24-8-6-7-9-24)35(19-21-12-15-23(33)16-13-21)29(37)20-36(28-17-14-22(31)18-26(28)32)41(39,40)25-10-4-3-5-11-25/h3-5,10-18,24,27H,2,6-9,19-20H2,1H3,(H,34,38)/t27-/m1/s1. The Morgan fingerprint density at radius 2 is 1.66 bits per heavy atom. The predicted octanol–water partition coefficient (Wildman–Crippen LogP) is 6.19. The molecule has 1 fully saturated rings. The Morgan fingerprint density at radius 1 is 1.00 bits per heavy atom. The van der Waals surface area contributed by atoms with Crippen LogP contribution in [0.15, 0.2) is 77.7 Å². The number of carbonyl (C=O) groups excluding carboxylic acids is 2. The lowest BCUT2D eigenvalue weighted by Crippen LogP contribution is -2.53. The van der Waals surface area contributed by atoms with E-state index in [0.29, 0.717) is 17.0 Å². The average molecular weight is 621 g/mol. The van der Waals surface area contributed by atoms with E-state index < -0.39 is 34.3 Å². The lowest BCUT2D eigenvalue weighted by molar-refractivity contribution is -0.140. The van der Waals surface area contributed by atoms with Gasteiger partial charge in [0.05, 0.1) is 15.6 Å². The molecular weight excluding hydrogens is 588 g/mol. The van der Waals surface area contributed by atoms with Crippen molar-refractivity contribution in [2.24, 2.45) is 0 Å². The van der Waals surface area contributed by atoms with Crippen LogP contribution in [0.3, 0.4) is 0 Å². The maximum atomic E-state index is 14.1. The van der Waals surface area contributed by atoms with Gasteiger partial charge in [-0.2, -0.15) is 0 Å². The predicted molar refractivity (Wildman–Crippen MR) is 159 cm³/mol. The fourth-order valence-electron chi connectivity index (χ4n) is 4.99. The number of halogens is 3. The topological polar surface area (TPSA) is 86.8 Å². The third-order valence-corrected chi connectivity index (χ3v) is 9.45. The first-order valence-corrected chi connectivity index (χ1v) is 15.7. The van der Waals surface area contributed by atoms with E-state index in [1.807, 2.05) is 0 Å². The summed E-state index contributed by atoms with van der Waals surface area (Å²) < 4.78 is 42.3. The molecule has 7 nitrogen and oxygen atoms in total. The van der Waals surface area contributed by atoms with Gasteiger partial charge in [0, 0.05) is 17.6 Å². The molecule has 0 aromatic heterocycles. The van der Waals surface area contributed by atoms with Crippen molar-refractivity contribution in [3.05, 3.63) is 94.2 Å². The van der Waals surface area contributed by atoms with Crippen LogP contribution < -0.4 is 9.62 Å². The van der Waals surface area contributed by atoms with Crippen molar-refractivity contribution < 1.29 is 22.4 Å². The van der Waals surface area contributed by atoms with Crippen LogP contribution >= 0.6 is 23.2 Å². The second kappa shape index (κ2) is 13.7. The molecule has 2 amide bonds. The second-order valence-electron chi connectivity index (χ2n) is 9.98. The van der Waals surface area contributed by atoms with Gasteiger partial charge in [0.25, 0.3) is 10.0 Å². The van der Waals surface area contributed by atoms with Gasteiger partial charge < -0.3 is 10.2 Å². The van der Waals surface area contributed by atoms with Gasteiger partial charge in [0.15, 0.2) is 0 Å². The molecule has 4 rings (SSSR count). The summed E-state index contributed by atoms with van der Waals surface area (Å²) in [6, 6.07) is 16.8. The van der Waals surface area contributed by atoms with Gasteiger partial charge in [0.1, 0.15) is 18.4 Å². The van der Waals surface area contributed by atoms with E-state index in [2.05, 4.69) is 5.32 Å². The zero-order valence-corrected chi connectivity index (χ0v) is 24.9. The molecule has 11 heteroatoms. The summed E-state index contributed by atoms with van der Waals surface area (Å²) in [5.41, 5.74) is 0.660. The van der Waals surface area contributed by atoms with Crippen molar-refractivity contribution in [2.75, 3.05) is 10.8 Å². The highest BCUT2D eigenvalue weighted by Gasteiger charge is 2.35. The Labute approximate surface area is 250 Å². The van der Waals surface area contributed by atoms with E-state index in [9.17, 15) is 22.4 Å². The van der Waals surface area contributed by atoms with Gasteiger partial charge >= 0.3 is 0 Å². The summed E-state index contributed by atoms with van der Waals surface area (Å²) in [6.07, 6.45) is 4.07. The number of hydrogen-bond acceptors (Lipinski definition) is 4. The third-order valence-electron chi connectivity index (χ3n) is 7.14. The van der Waals surface area contributed by atoms with E-state index >= 15 is 0 Å². The second-order valence-corrected chi connectivity index (χ2v) is 12.7. The molecule has 218 valence electrons. The van der Waals surface area contributed by atoms with Crippen molar-refractivity contribution >= 4 is 50.7 Å². The van der Waals surface area contributed by atoms with Crippen LogP contribution in [0.5, 0.6) is 0 Å². The zero-order chi connectivity index (χ0) is 29.6. The molecule has 0 saturated heterocycles. The normalized spacial score (nSPS) is 14.4. The molecule has 1 aliphatic rings. The molecule has 1 aliphatic carbocycles. The quantitative estimate of drug-likeness (QED) is 0.277. The zero-order valence-electron chi connectivity index (χ0n) is 22.6. The molecule has 1 N–H and O–H groups in total. The Morgan fingerprint density at radius 3 is 2.27 bits per heavy atom. The number of benzene rings is 3. The smallest absolute Gasteiger partial charge is 0.264 e. The highest BCUT2D eigenvalue weighted by atomic mass is 35.5. The van der Waals surface area contributed by atoms with Crippen molar-refractivity contribution in [2.45, 2.75) is 62.6 Å². The van der Waals surface area contributed by atoms with Gasteiger partial charge in [-0.3, -0.25) is 13.9 Å². The van der Waals surface area contributed by atoms with Crippen molar-refractivity contribution in [1.82, 2.24) is 10.2 Å². The number of sulfonamides is 1. The Balaban J connectivity index is 1.72. The molecule has 0 bridgehead atoms. The Hall–Kier alpha value is -3.14. The number of rotatable bonds is 11. The highest BCUT2D eigenvalue weighted by Crippen LogP contribution is 2.33. The summed E-state index contributed by atoms with van der Waals surface area (Å²) in [6.45, 7) is 1.13. The van der Waals surface area contributed by atoms with Gasteiger partial charge in [-0.05, 0) is 67.3 Å². The molecule has 1 atom stereocenters. The first-order chi connectivity index (χ1) is 19.6. The van der Waals surface area contributed by atoms with Crippen LogP contribution in [0.25, 0.3) is 0 Å². The average Bonchev–Trinajstić information content (AvgIpc) is 3.46. The lowest BCUT2D eigenvalue weighted by atomic mass is 10.1. The summed E-state index contributed by atoms with van der Waals surface area (Å²) in [5, 5.41) is 3.40.